The number of rotatable bonds is 7. The number of thiazole rings is 1. The van der Waals surface area contributed by atoms with Gasteiger partial charge in [-0.3, -0.25) is 14.2 Å². The summed E-state index contributed by atoms with van der Waals surface area (Å²) >= 11 is 1.05. The Morgan fingerprint density at radius 3 is 2.71 bits per heavy atom. The molecule has 0 spiro atoms. The largest absolute Gasteiger partial charge is 0.463 e. The van der Waals surface area contributed by atoms with Crippen molar-refractivity contribution in [3.05, 3.63) is 97.9 Å². The molecule has 2 aromatic heterocycles. The van der Waals surface area contributed by atoms with Gasteiger partial charge < -0.3 is 10.1 Å². The van der Waals surface area contributed by atoms with Crippen molar-refractivity contribution in [3.63, 3.8) is 0 Å². The highest BCUT2D eigenvalue weighted by Crippen LogP contribution is 2.09. The molecule has 1 amide bonds. The minimum Gasteiger partial charge on any atom is -0.463 e. The molecule has 2 heterocycles. The SMILES string of the molecule is CCOC(=O)/C=c1\s/c(=C\c2cnn(-c3ccccc3)c2)c(=O)n1CC(=O)Nc1cccc(F)c1. The molecule has 0 saturated carbocycles. The Hall–Kier alpha value is -4.31. The summed E-state index contributed by atoms with van der Waals surface area (Å²) in [7, 11) is 0. The first-order chi connectivity index (χ1) is 16.9. The van der Waals surface area contributed by atoms with Crippen molar-refractivity contribution in [3.8, 4) is 5.69 Å². The fourth-order valence-electron chi connectivity index (χ4n) is 3.27. The summed E-state index contributed by atoms with van der Waals surface area (Å²) < 4.78 is 21.8. The van der Waals surface area contributed by atoms with Crippen molar-refractivity contribution >= 4 is 41.1 Å². The van der Waals surface area contributed by atoms with Crippen LogP contribution >= 0.6 is 11.3 Å². The van der Waals surface area contributed by atoms with Crippen LogP contribution in [-0.2, 0) is 20.9 Å². The highest BCUT2D eigenvalue weighted by Gasteiger charge is 2.12. The first kappa shape index (κ1) is 23.8. The Balaban J connectivity index is 1.69. The van der Waals surface area contributed by atoms with Gasteiger partial charge in [0, 0.05) is 17.4 Å². The van der Waals surface area contributed by atoms with Crippen LogP contribution in [0.15, 0.2) is 71.8 Å². The third-order valence-corrected chi connectivity index (χ3v) is 5.86. The van der Waals surface area contributed by atoms with Crippen molar-refractivity contribution < 1.29 is 18.7 Å². The molecule has 0 radical (unpaired) electrons. The maximum Gasteiger partial charge on any atom is 0.333 e. The lowest BCUT2D eigenvalue weighted by atomic mass is 10.3. The molecular formula is C25H21FN4O4S. The second kappa shape index (κ2) is 10.7. The van der Waals surface area contributed by atoms with E-state index in [1.54, 1.807) is 30.1 Å². The molecule has 0 aliphatic rings. The number of carbonyl (C=O) groups excluding carboxylic acids is 2. The zero-order valence-electron chi connectivity index (χ0n) is 18.7. The number of hydrogen-bond acceptors (Lipinski definition) is 6. The third kappa shape index (κ3) is 5.98. The number of para-hydroxylation sites is 1. The average molecular weight is 493 g/mol. The van der Waals surface area contributed by atoms with Crippen molar-refractivity contribution in [2.24, 2.45) is 0 Å². The summed E-state index contributed by atoms with van der Waals surface area (Å²) in [5.74, 6) is -1.67. The molecule has 4 rings (SSSR count). The van der Waals surface area contributed by atoms with E-state index >= 15 is 0 Å². The van der Waals surface area contributed by atoms with E-state index in [1.807, 2.05) is 30.3 Å². The number of halogens is 1. The Morgan fingerprint density at radius 2 is 1.97 bits per heavy atom. The normalized spacial score (nSPS) is 12.1. The molecule has 0 aliphatic carbocycles. The fraction of sp³-hybridized carbons (Fsp3) is 0.120. The Kier molecular flexibility index (Phi) is 7.32. The first-order valence-electron chi connectivity index (χ1n) is 10.7. The van der Waals surface area contributed by atoms with Gasteiger partial charge in [-0.25, -0.2) is 13.9 Å². The van der Waals surface area contributed by atoms with E-state index in [0.29, 0.717) is 10.1 Å². The average Bonchev–Trinajstić information content (AvgIpc) is 3.40. The lowest BCUT2D eigenvalue weighted by Crippen LogP contribution is -2.36. The Morgan fingerprint density at radius 1 is 1.17 bits per heavy atom. The predicted molar refractivity (Wildman–Crippen MR) is 131 cm³/mol. The van der Waals surface area contributed by atoms with E-state index < -0.39 is 23.3 Å². The summed E-state index contributed by atoms with van der Waals surface area (Å²) in [6, 6.07) is 14.9. The van der Waals surface area contributed by atoms with Crippen molar-refractivity contribution in [2.45, 2.75) is 13.5 Å². The lowest BCUT2D eigenvalue weighted by molar-refractivity contribution is -0.135. The molecule has 0 saturated heterocycles. The van der Waals surface area contributed by atoms with Gasteiger partial charge in [-0.2, -0.15) is 5.10 Å². The highest BCUT2D eigenvalue weighted by atomic mass is 32.1. The van der Waals surface area contributed by atoms with Gasteiger partial charge in [0.05, 0.1) is 29.1 Å². The lowest BCUT2D eigenvalue weighted by Gasteiger charge is -2.06. The minimum absolute atomic E-state index is 0.169. The maximum atomic E-state index is 13.4. The quantitative estimate of drug-likeness (QED) is 0.399. The second-order valence-electron chi connectivity index (χ2n) is 7.35. The van der Waals surface area contributed by atoms with Crippen LogP contribution in [-0.4, -0.2) is 32.8 Å². The van der Waals surface area contributed by atoms with Gasteiger partial charge >= 0.3 is 5.97 Å². The zero-order valence-corrected chi connectivity index (χ0v) is 19.5. The van der Waals surface area contributed by atoms with Crippen molar-refractivity contribution in [2.75, 3.05) is 11.9 Å². The number of nitrogens with one attached hydrogen (secondary N) is 1. The zero-order chi connectivity index (χ0) is 24.8. The van der Waals surface area contributed by atoms with Gasteiger partial charge in [-0.05, 0) is 43.3 Å². The number of hydrogen-bond donors (Lipinski definition) is 1. The van der Waals surface area contributed by atoms with Crippen LogP contribution in [0.2, 0.25) is 0 Å². The van der Waals surface area contributed by atoms with Crippen molar-refractivity contribution in [1.29, 1.82) is 0 Å². The van der Waals surface area contributed by atoms with Gasteiger partial charge in [0.15, 0.2) is 0 Å². The maximum absolute atomic E-state index is 13.4. The summed E-state index contributed by atoms with van der Waals surface area (Å²) in [5.41, 5.74) is 1.34. The third-order valence-electron chi connectivity index (χ3n) is 4.80. The van der Waals surface area contributed by atoms with Crippen LogP contribution in [0.3, 0.4) is 0 Å². The molecule has 35 heavy (non-hydrogen) atoms. The molecule has 1 N–H and O–H groups in total. The standard InChI is InChI=1S/C25H21FN4O4S/c1-2-34-24(32)13-23-29(16-22(31)28-19-8-6-7-18(26)12-19)25(33)21(35-23)11-17-14-27-30(15-17)20-9-4-3-5-10-20/h3-15H,2,16H2,1H3,(H,28,31)/b21-11-,23-13-. The van der Waals surface area contributed by atoms with Gasteiger partial charge in [0.1, 0.15) is 17.0 Å². The second-order valence-corrected chi connectivity index (χ2v) is 8.41. The Labute approximate surface area is 203 Å². The summed E-state index contributed by atoms with van der Waals surface area (Å²) in [6.07, 6.45) is 6.20. The van der Waals surface area contributed by atoms with Crippen LogP contribution < -0.4 is 20.1 Å². The van der Waals surface area contributed by atoms with Crippen molar-refractivity contribution in [1.82, 2.24) is 14.3 Å². The molecule has 0 aliphatic heterocycles. The molecule has 10 heteroatoms. The molecule has 0 fully saturated rings. The monoisotopic (exact) mass is 492 g/mol. The van der Waals surface area contributed by atoms with Crippen LogP contribution in [0, 0.1) is 5.82 Å². The van der Waals surface area contributed by atoms with Gasteiger partial charge in [0.25, 0.3) is 5.56 Å². The minimum atomic E-state index is -0.628. The predicted octanol–water partition coefficient (Wildman–Crippen LogP) is 2.05. The number of anilines is 1. The molecule has 0 unspecified atom stereocenters. The first-order valence-corrected chi connectivity index (χ1v) is 11.5. The molecule has 0 atom stereocenters. The molecule has 8 nitrogen and oxygen atoms in total. The summed E-state index contributed by atoms with van der Waals surface area (Å²) in [5, 5.41) is 6.88. The van der Waals surface area contributed by atoms with E-state index in [-0.39, 0.29) is 23.5 Å². The topological polar surface area (TPSA) is 95.2 Å². The number of ether oxygens (including phenoxy) is 1. The fourth-order valence-corrected chi connectivity index (χ4v) is 4.30. The van der Waals surface area contributed by atoms with E-state index in [4.69, 9.17) is 4.74 Å². The molecule has 178 valence electrons. The van der Waals surface area contributed by atoms with E-state index in [0.717, 1.165) is 17.0 Å². The number of amides is 1. The van der Waals surface area contributed by atoms with E-state index in [9.17, 15) is 18.8 Å². The summed E-state index contributed by atoms with van der Waals surface area (Å²) in [4.78, 5) is 37.8. The van der Waals surface area contributed by atoms with Crippen LogP contribution in [0.1, 0.15) is 12.5 Å². The van der Waals surface area contributed by atoms with E-state index in [2.05, 4.69) is 10.4 Å². The number of nitrogens with zero attached hydrogens (tertiary/aromatic N) is 3. The molecule has 2 aromatic carbocycles. The number of aromatic nitrogens is 3. The highest BCUT2D eigenvalue weighted by molar-refractivity contribution is 7.07. The Bertz CT molecular complexity index is 1540. The number of benzene rings is 2. The molecule has 4 aromatic rings. The molecular weight excluding hydrogens is 471 g/mol. The van der Waals surface area contributed by atoms with Gasteiger partial charge in [0.2, 0.25) is 5.91 Å². The summed E-state index contributed by atoms with van der Waals surface area (Å²) in [6.45, 7) is 1.47. The van der Waals surface area contributed by atoms with Crippen LogP contribution in [0.4, 0.5) is 10.1 Å². The number of carbonyl (C=O) groups is 2. The van der Waals surface area contributed by atoms with Gasteiger partial charge in [-0.15, -0.1) is 11.3 Å². The van der Waals surface area contributed by atoms with E-state index in [1.165, 1.54) is 34.9 Å². The number of esters is 1. The molecule has 0 bridgehead atoms. The van der Waals surface area contributed by atoms with Crippen LogP contribution in [0.25, 0.3) is 17.8 Å². The smallest absolute Gasteiger partial charge is 0.333 e. The van der Waals surface area contributed by atoms with Crippen LogP contribution in [0.5, 0.6) is 0 Å². The van der Waals surface area contributed by atoms with Gasteiger partial charge in [-0.1, -0.05) is 24.3 Å².